The Kier molecular flexibility index (Phi) is 4.66. The summed E-state index contributed by atoms with van der Waals surface area (Å²) < 4.78 is 6.76. The van der Waals surface area contributed by atoms with E-state index >= 15 is 0 Å². The Bertz CT molecular complexity index is 639. The van der Waals surface area contributed by atoms with Crippen molar-refractivity contribution in [1.29, 1.82) is 0 Å². The molecule has 1 aliphatic rings. The lowest BCUT2D eigenvalue weighted by molar-refractivity contribution is 0.106. The number of aliphatic hydroxyl groups is 1. The van der Waals surface area contributed by atoms with E-state index in [1.54, 1.807) is 0 Å². The molecule has 0 radical (unpaired) electrons. The zero-order chi connectivity index (χ0) is 15.7. The largest absolute Gasteiger partial charge is 0.441 e. The first-order valence-corrected chi connectivity index (χ1v) is 8.49. The number of nitrogens with zero attached hydrogens (tertiary/aromatic N) is 2. The number of benzene rings is 1. The number of hydrogen-bond donors (Lipinski definition) is 1. The van der Waals surface area contributed by atoms with Crippen LogP contribution in [0.4, 0.5) is 0 Å². The molecule has 1 unspecified atom stereocenters. The van der Waals surface area contributed by atoms with Gasteiger partial charge in [-0.3, -0.25) is 4.90 Å². The Morgan fingerprint density at radius 2 is 2.14 bits per heavy atom. The van der Waals surface area contributed by atoms with Crippen LogP contribution in [-0.2, 0) is 0 Å². The van der Waals surface area contributed by atoms with Crippen molar-refractivity contribution in [2.75, 3.05) is 13.1 Å². The average molecular weight is 365 g/mol. The summed E-state index contributed by atoms with van der Waals surface area (Å²) in [5, 5.41) is 10.5. The Morgan fingerprint density at radius 1 is 1.41 bits per heavy atom. The van der Waals surface area contributed by atoms with E-state index < -0.39 is 6.10 Å². The topological polar surface area (TPSA) is 49.5 Å². The van der Waals surface area contributed by atoms with Crippen molar-refractivity contribution in [2.45, 2.75) is 38.8 Å². The fourth-order valence-electron chi connectivity index (χ4n) is 3.01. The standard InChI is InChI=1S/C17H21BrN2O2/c1-11-4-3-9-20(11)10-15(21)16-12(2)22-17(19-16)13-5-7-14(18)8-6-13/h5-8,11,15,21H,3-4,9-10H2,1-2H3/t11-,15?/m1/s1. The smallest absolute Gasteiger partial charge is 0.226 e. The zero-order valence-electron chi connectivity index (χ0n) is 12.9. The van der Waals surface area contributed by atoms with Crippen molar-refractivity contribution in [3.8, 4) is 11.5 Å². The molecule has 1 aromatic carbocycles. The SMILES string of the molecule is Cc1oc(-c2ccc(Br)cc2)nc1C(O)CN1CCC[C@H]1C. The minimum Gasteiger partial charge on any atom is -0.441 e. The van der Waals surface area contributed by atoms with E-state index in [1.165, 1.54) is 12.8 Å². The van der Waals surface area contributed by atoms with Gasteiger partial charge < -0.3 is 9.52 Å². The Balaban J connectivity index is 1.78. The molecule has 0 saturated carbocycles. The Hall–Kier alpha value is -1.17. The number of aryl methyl sites for hydroxylation is 1. The summed E-state index contributed by atoms with van der Waals surface area (Å²) >= 11 is 3.42. The maximum Gasteiger partial charge on any atom is 0.226 e. The molecule has 0 aliphatic carbocycles. The lowest BCUT2D eigenvalue weighted by atomic mass is 10.2. The normalized spacial score (nSPS) is 20.5. The van der Waals surface area contributed by atoms with Crippen molar-refractivity contribution in [1.82, 2.24) is 9.88 Å². The summed E-state index contributed by atoms with van der Waals surface area (Å²) in [6, 6.07) is 8.35. The predicted molar refractivity (Wildman–Crippen MR) is 89.6 cm³/mol. The molecule has 0 amide bonds. The first-order valence-electron chi connectivity index (χ1n) is 7.70. The second kappa shape index (κ2) is 6.52. The minimum atomic E-state index is -0.603. The van der Waals surface area contributed by atoms with Crippen LogP contribution in [0.15, 0.2) is 33.2 Å². The molecule has 2 atom stereocenters. The van der Waals surface area contributed by atoms with Crippen LogP contribution in [0.1, 0.15) is 37.3 Å². The van der Waals surface area contributed by atoms with E-state index in [-0.39, 0.29) is 0 Å². The lowest BCUT2D eigenvalue weighted by Gasteiger charge is -2.23. The van der Waals surface area contributed by atoms with Gasteiger partial charge >= 0.3 is 0 Å². The molecule has 2 aromatic rings. The van der Waals surface area contributed by atoms with Crippen molar-refractivity contribution in [3.05, 3.63) is 40.2 Å². The number of halogens is 1. The third kappa shape index (κ3) is 3.26. The molecular weight excluding hydrogens is 344 g/mol. The monoisotopic (exact) mass is 364 g/mol. The highest BCUT2D eigenvalue weighted by Gasteiger charge is 2.26. The van der Waals surface area contributed by atoms with Gasteiger partial charge in [0.1, 0.15) is 17.6 Å². The first kappa shape index (κ1) is 15.7. The summed E-state index contributed by atoms with van der Waals surface area (Å²) in [6.45, 7) is 5.74. The molecule has 1 aliphatic heterocycles. The Morgan fingerprint density at radius 3 is 2.77 bits per heavy atom. The molecule has 2 heterocycles. The second-order valence-electron chi connectivity index (χ2n) is 5.97. The van der Waals surface area contributed by atoms with Gasteiger partial charge in [0.15, 0.2) is 0 Å². The number of β-amino-alcohol motifs (C(OH)–C–C–N with tert-alkyl or cyclic N) is 1. The molecule has 0 bridgehead atoms. The highest BCUT2D eigenvalue weighted by atomic mass is 79.9. The van der Waals surface area contributed by atoms with Crippen molar-refractivity contribution in [3.63, 3.8) is 0 Å². The summed E-state index contributed by atoms with van der Waals surface area (Å²) in [4.78, 5) is 6.84. The number of aromatic nitrogens is 1. The zero-order valence-corrected chi connectivity index (χ0v) is 14.5. The fourth-order valence-corrected chi connectivity index (χ4v) is 3.27. The van der Waals surface area contributed by atoms with Crippen LogP contribution in [0.2, 0.25) is 0 Å². The molecule has 0 spiro atoms. The molecule has 1 fully saturated rings. The van der Waals surface area contributed by atoms with Crippen molar-refractivity contribution >= 4 is 15.9 Å². The van der Waals surface area contributed by atoms with Gasteiger partial charge in [-0.25, -0.2) is 4.98 Å². The second-order valence-corrected chi connectivity index (χ2v) is 6.88. The van der Waals surface area contributed by atoms with Gasteiger partial charge in [0.25, 0.3) is 0 Å². The van der Waals surface area contributed by atoms with Crippen molar-refractivity contribution < 1.29 is 9.52 Å². The summed E-state index contributed by atoms with van der Waals surface area (Å²) in [5.74, 6) is 1.26. The molecular formula is C17H21BrN2O2. The van der Waals surface area contributed by atoms with Crippen molar-refractivity contribution in [2.24, 2.45) is 0 Å². The van der Waals surface area contributed by atoms with Crippen LogP contribution in [0.5, 0.6) is 0 Å². The lowest BCUT2D eigenvalue weighted by Crippen LogP contribution is -2.31. The molecule has 118 valence electrons. The number of likely N-dealkylation sites (tertiary alicyclic amines) is 1. The average Bonchev–Trinajstić information content (AvgIpc) is 3.06. The number of hydrogen-bond acceptors (Lipinski definition) is 4. The highest BCUT2D eigenvalue weighted by molar-refractivity contribution is 9.10. The van der Waals surface area contributed by atoms with Crippen LogP contribution in [-0.4, -0.2) is 34.1 Å². The van der Waals surface area contributed by atoms with E-state index in [4.69, 9.17) is 4.42 Å². The summed E-state index contributed by atoms with van der Waals surface area (Å²) in [5.41, 5.74) is 1.57. The van der Waals surface area contributed by atoms with Gasteiger partial charge in [0.05, 0.1) is 0 Å². The van der Waals surface area contributed by atoms with E-state index in [1.807, 2.05) is 31.2 Å². The van der Waals surface area contributed by atoms with Crippen LogP contribution >= 0.6 is 15.9 Å². The quantitative estimate of drug-likeness (QED) is 0.892. The van der Waals surface area contributed by atoms with Gasteiger partial charge in [0.2, 0.25) is 5.89 Å². The molecule has 1 aromatic heterocycles. The Labute approximate surface area is 139 Å². The van der Waals surface area contributed by atoms with Gasteiger partial charge in [0, 0.05) is 22.6 Å². The maximum atomic E-state index is 10.5. The molecule has 22 heavy (non-hydrogen) atoms. The van der Waals surface area contributed by atoms with E-state index in [0.717, 1.165) is 16.6 Å². The molecule has 5 heteroatoms. The van der Waals surface area contributed by atoms with Gasteiger partial charge in [-0.15, -0.1) is 0 Å². The number of rotatable bonds is 4. The number of oxazole rings is 1. The third-order valence-electron chi connectivity index (χ3n) is 4.34. The highest BCUT2D eigenvalue weighted by Crippen LogP contribution is 2.28. The first-order chi connectivity index (χ1) is 10.5. The van der Waals surface area contributed by atoms with Crippen LogP contribution in [0, 0.1) is 6.92 Å². The molecule has 4 nitrogen and oxygen atoms in total. The predicted octanol–water partition coefficient (Wildman–Crippen LogP) is 3.93. The molecule has 1 N–H and O–H groups in total. The summed E-state index contributed by atoms with van der Waals surface area (Å²) in [6.07, 6.45) is 1.80. The summed E-state index contributed by atoms with van der Waals surface area (Å²) in [7, 11) is 0. The van der Waals surface area contributed by atoms with Gasteiger partial charge in [-0.2, -0.15) is 0 Å². The third-order valence-corrected chi connectivity index (χ3v) is 4.87. The minimum absolute atomic E-state index is 0.535. The van der Waals surface area contributed by atoms with Gasteiger partial charge in [-0.05, 0) is 57.5 Å². The maximum absolute atomic E-state index is 10.5. The van der Waals surface area contributed by atoms with E-state index in [0.29, 0.717) is 29.9 Å². The fraction of sp³-hybridized carbons (Fsp3) is 0.471. The molecule has 3 rings (SSSR count). The van der Waals surface area contributed by atoms with Crippen LogP contribution < -0.4 is 0 Å². The number of aliphatic hydroxyl groups excluding tert-OH is 1. The van der Waals surface area contributed by atoms with E-state index in [2.05, 4.69) is 32.7 Å². The molecule has 1 saturated heterocycles. The van der Waals surface area contributed by atoms with Gasteiger partial charge in [-0.1, -0.05) is 15.9 Å². The van der Waals surface area contributed by atoms with E-state index in [9.17, 15) is 5.11 Å². The van der Waals surface area contributed by atoms with Crippen LogP contribution in [0.25, 0.3) is 11.5 Å². The van der Waals surface area contributed by atoms with Crippen LogP contribution in [0.3, 0.4) is 0 Å².